The molecule has 1 saturated carbocycles. The van der Waals surface area contributed by atoms with E-state index in [1.54, 1.807) is 11.3 Å². The van der Waals surface area contributed by atoms with Crippen LogP contribution in [0.5, 0.6) is 0 Å². The van der Waals surface area contributed by atoms with Crippen LogP contribution in [0, 0.1) is 0 Å². The Morgan fingerprint density at radius 2 is 2.09 bits per heavy atom. The molecule has 2 N–H and O–H groups in total. The van der Waals surface area contributed by atoms with E-state index in [1.807, 2.05) is 0 Å². The molecule has 1 aliphatic heterocycles. The zero-order valence-electron chi connectivity index (χ0n) is 13.4. The lowest BCUT2D eigenvalue weighted by Crippen LogP contribution is -2.58. The van der Waals surface area contributed by atoms with E-state index >= 15 is 0 Å². The van der Waals surface area contributed by atoms with Gasteiger partial charge in [0.1, 0.15) is 15.4 Å². The molecule has 5 heteroatoms. The molecular weight excluding hydrogens is 294 g/mol. The van der Waals surface area contributed by atoms with Crippen LogP contribution < -0.4 is 0 Å². The molecule has 2 fully saturated rings. The van der Waals surface area contributed by atoms with Gasteiger partial charge in [0.05, 0.1) is 12.1 Å². The molecule has 2 unspecified atom stereocenters. The number of H-pyrrole nitrogens is 1. The second-order valence-corrected chi connectivity index (χ2v) is 8.16. The van der Waals surface area contributed by atoms with Crippen molar-refractivity contribution < 1.29 is 5.11 Å². The van der Waals surface area contributed by atoms with Crippen LogP contribution in [0.25, 0.3) is 10.3 Å². The molecule has 4 nitrogen and oxygen atoms in total. The highest BCUT2D eigenvalue weighted by atomic mass is 32.1. The number of likely N-dealkylation sites (tertiary alicyclic amines) is 1. The van der Waals surface area contributed by atoms with Crippen LogP contribution in [0.4, 0.5) is 0 Å². The lowest BCUT2D eigenvalue weighted by molar-refractivity contribution is -0.0943. The van der Waals surface area contributed by atoms with Crippen LogP contribution in [-0.4, -0.2) is 38.7 Å². The van der Waals surface area contributed by atoms with Crippen molar-refractivity contribution in [3.63, 3.8) is 0 Å². The minimum absolute atomic E-state index is 0.119. The maximum Gasteiger partial charge on any atom is 0.121 e. The molecule has 1 aliphatic carbocycles. The third kappa shape index (κ3) is 2.30. The highest BCUT2D eigenvalue weighted by Crippen LogP contribution is 2.42. The van der Waals surface area contributed by atoms with Gasteiger partial charge < -0.3 is 10.1 Å². The van der Waals surface area contributed by atoms with Crippen LogP contribution in [0.2, 0.25) is 0 Å². The van der Waals surface area contributed by atoms with Crippen molar-refractivity contribution in [3.8, 4) is 0 Å². The number of aliphatic hydroxyl groups excluding tert-OH is 1. The lowest BCUT2D eigenvalue weighted by Gasteiger charge is -2.49. The average Bonchev–Trinajstić information content (AvgIpc) is 3.05. The number of nitrogens with one attached hydrogen (secondary N) is 1. The monoisotopic (exact) mass is 319 g/mol. The summed E-state index contributed by atoms with van der Waals surface area (Å²) in [5, 5.41) is 11.4. The number of hydrogen-bond donors (Lipinski definition) is 2. The summed E-state index contributed by atoms with van der Waals surface area (Å²) in [4.78, 5) is 11.9. The van der Waals surface area contributed by atoms with Crippen molar-refractivity contribution in [2.45, 2.75) is 70.1 Å². The molecular formula is C17H25N3OS. The first-order valence-corrected chi connectivity index (χ1v) is 9.38. The summed E-state index contributed by atoms with van der Waals surface area (Å²) in [6, 6.07) is 0.767. The Morgan fingerprint density at radius 3 is 2.77 bits per heavy atom. The Hall–Kier alpha value is -0.910. The number of aliphatic hydroxyl groups is 1. The van der Waals surface area contributed by atoms with Crippen molar-refractivity contribution in [2.24, 2.45) is 0 Å². The third-order valence-electron chi connectivity index (χ3n) is 5.31. The summed E-state index contributed by atoms with van der Waals surface area (Å²) in [5.41, 5.74) is 2.40. The summed E-state index contributed by atoms with van der Waals surface area (Å²) in [7, 11) is 0. The predicted molar refractivity (Wildman–Crippen MR) is 90.4 cm³/mol. The summed E-state index contributed by atoms with van der Waals surface area (Å²) < 4.78 is 0. The van der Waals surface area contributed by atoms with Gasteiger partial charge in [0, 0.05) is 18.8 Å². The Balaban J connectivity index is 1.62. The van der Waals surface area contributed by atoms with Gasteiger partial charge >= 0.3 is 0 Å². The van der Waals surface area contributed by atoms with Gasteiger partial charge in [0.2, 0.25) is 0 Å². The van der Waals surface area contributed by atoms with E-state index in [-0.39, 0.29) is 12.1 Å². The van der Waals surface area contributed by atoms with Crippen LogP contribution in [0.15, 0.2) is 6.20 Å². The van der Waals surface area contributed by atoms with Gasteiger partial charge in [-0.15, -0.1) is 0 Å². The fraction of sp³-hybridized carbons (Fsp3) is 0.706. The molecule has 2 aliphatic rings. The molecule has 0 aromatic carbocycles. The second-order valence-electron chi connectivity index (χ2n) is 7.13. The molecule has 0 bridgehead atoms. The Kier molecular flexibility index (Phi) is 3.75. The summed E-state index contributed by atoms with van der Waals surface area (Å²) >= 11 is 1.72. The number of aromatic amines is 1. The summed E-state index contributed by atoms with van der Waals surface area (Å²) in [5.74, 6) is 0.476. The fourth-order valence-corrected chi connectivity index (χ4v) is 5.15. The standard InChI is InChI=1S/C17H25N3OS/c1-10(2)12-8-18-16-14(12)19-17(22-16)15-13(21)9-20(15)11-6-4-3-5-7-11/h8,10-11,13,15,18,21H,3-7,9H2,1-2H3. The maximum atomic E-state index is 10.3. The van der Waals surface area contributed by atoms with Crippen LogP contribution in [-0.2, 0) is 0 Å². The molecule has 0 spiro atoms. The molecule has 2 aromatic rings. The van der Waals surface area contributed by atoms with Crippen molar-refractivity contribution in [2.75, 3.05) is 6.54 Å². The number of nitrogens with zero attached hydrogens (tertiary/aromatic N) is 2. The zero-order chi connectivity index (χ0) is 15.3. The molecule has 2 atom stereocenters. The largest absolute Gasteiger partial charge is 0.390 e. The van der Waals surface area contributed by atoms with Crippen LogP contribution in [0.3, 0.4) is 0 Å². The number of fused-ring (bicyclic) bond motifs is 1. The number of hydrogen-bond acceptors (Lipinski definition) is 4. The SMILES string of the molecule is CC(C)c1c[nH]c2sc(C3C(O)CN3C3CCCCC3)nc12. The molecule has 0 amide bonds. The third-order valence-corrected chi connectivity index (χ3v) is 6.37. The van der Waals surface area contributed by atoms with Gasteiger partial charge in [-0.05, 0) is 24.3 Å². The van der Waals surface area contributed by atoms with Gasteiger partial charge in [-0.2, -0.15) is 0 Å². The van der Waals surface area contributed by atoms with E-state index in [9.17, 15) is 5.11 Å². The molecule has 1 saturated heterocycles. The first-order chi connectivity index (χ1) is 10.6. The molecule has 2 aromatic heterocycles. The first kappa shape index (κ1) is 14.7. The normalized spacial score (nSPS) is 27.6. The van der Waals surface area contributed by atoms with E-state index in [0.717, 1.165) is 21.9 Å². The van der Waals surface area contributed by atoms with Gasteiger partial charge in [-0.3, -0.25) is 4.90 Å². The summed E-state index contributed by atoms with van der Waals surface area (Å²) in [6.07, 6.45) is 8.43. The average molecular weight is 319 g/mol. The van der Waals surface area contributed by atoms with Gasteiger partial charge in [-0.25, -0.2) is 4.98 Å². The number of β-amino-alcohol motifs (C(OH)–C–C–N with tert-alkyl or cyclic N) is 1. The van der Waals surface area contributed by atoms with Crippen molar-refractivity contribution >= 4 is 21.7 Å². The van der Waals surface area contributed by atoms with Gasteiger partial charge in [-0.1, -0.05) is 44.4 Å². The molecule has 22 heavy (non-hydrogen) atoms. The van der Waals surface area contributed by atoms with E-state index < -0.39 is 0 Å². The van der Waals surface area contributed by atoms with Gasteiger partial charge in [0.25, 0.3) is 0 Å². The second kappa shape index (κ2) is 5.62. The van der Waals surface area contributed by atoms with E-state index in [1.165, 1.54) is 37.7 Å². The smallest absolute Gasteiger partial charge is 0.121 e. The van der Waals surface area contributed by atoms with E-state index in [2.05, 4.69) is 29.9 Å². The first-order valence-electron chi connectivity index (χ1n) is 8.56. The minimum Gasteiger partial charge on any atom is -0.390 e. The highest BCUT2D eigenvalue weighted by Gasteiger charge is 2.44. The highest BCUT2D eigenvalue weighted by molar-refractivity contribution is 7.18. The Morgan fingerprint density at radius 1 is 1.32 bits per heavy atom. The Labute approximate surface area is 135 Å². The maximum absolute atomic E-state index is 10.3. The molecule has 3 heterocycles. The van der Waals surface area contributed by atoms with Crippen LogP contribution >= 0.6 is 11.3 Å². The zero-order valence-corrected chi connectivity index (χ0v) is 14.2. The number of thiazole rings is 1. The topological polar surface area (TPSA) is 52.1 Å². The molecule has 4 rings (SSSR count). The quantitative estimate of drug-likeness (QED) is 0.905. The number of aromatic nitrogens is 2. The van der Waals surface area contributed by atoms with E-state index in [0.29, 0.717) is 12.0 Å². The van der Waals surface area contributed by atoms with Crippen molar-refractivity contribution in [1.82, 2.24) is 14.9 Å². The minimum atomic E-state index is -0.250. The molecule has 0 radical (unpaired) electrons. The van der Waals surface area contributed by atoms with Crippen molar-refractivity contribution in [1.29, 1.82) is 0 Å². The predicted octanol–water partition coefficient (Wildman–Crippen LogP) is 3.80. The molecule has 120 valence electrons. The summed E-state index contributed by atoms with van der Waals surface area (Å²) in [6.45, 7) is 5.22. The fourth-order valence-electron chi connectivity index (χ4n) is 4.02. The number of rotatable bonds is 3. The van der Waals surface area contributed by atoms with Gasteiger partial charge in [0.15, 0.2) is 0 Å². The van der Waals surface area contributed by atoms with Crippen molar-refractivity contribution in [3.05, 3.63) is 16.8 Å². The lowest BCUT2D eigenvalue weighted by atomic mass is 9.88. The Bertz CT molecular complexity index is 656. The van der Waals surface area contributed by atoms with E-state index in [4.69, 9.17) is 4.98 Å². The van der Waals surface area contributed by atoms with Crippen LogP contribution in [0.1, 0.15) is 68.5 Å².